The predicted molar refractivity (Wildman–Crippen MR) is 83.2 cm³/mol. The van der Waals surface area contributed by atoms with E-state index in [9.17, 15) is 4.39 Å². The van der Waals surface area contributed by atoms with E-state index in [-0.39, 0.29) is 4.99 Å². The highest BCUT2D eigenvalue weighted by Crippen LogP contribution is 2.29. The first-order valence-corrected chi connectivity index (χ1v) is 6.85. The summed E-state index contributed by atoms with van der Waals surface area (Å²) in [5.41, 5.74) is 6.92. The zero-order valence-electron chi connectivity index (χ0n) is 10.8. The lowest BCUT2D eigenvalue weighted by Crippen LogP contribution is -2.11. The molecule has 5 heteroatoms. The van der Waals surface area contributed by atoms with Gasteiger partial charge in [-0.05, 0) is 48.4 Å². The number of nitrogens with two attached hydrogens (primary N) is 1. The van der Waals surface area contributed by atoms with Crippen LogP contribution in [0.3, 0.4) is 0 Å². The summed E-state index contributed by atoms with van der Waals surface area (Å²) >= 11 is 11.0. The average Bonchev–Trinajstić information content (AvgIpc) is 2.42. The average molecular weight is 310 g/mol. The molecular weight excluding hydrogens is 297 g/mol. The fourth-order valence-electron chi connectivity index (χ4n) is 1.80. The SMILES string of the molecule is CCc1cc(Oc2ccc(F)cc2C(N)=S)ccc1Cl. The molecule has 0 bridgehead atoms. The number of ether oxygens (including phenoxy) is 1. The monoisotopic (exact) mass is 309 g/mol. The summed E-state index contributed by atoms with van der Waals surface area (Å²) in [7, 11) is 0. The molecule has 0 radical (unpaired) electrons. The summed E-state index contributed by atoms with van der Waals surface area (Å²) in [4.78, 5) is 0.0872. The van der Waals surface area contributed by atoms with E-state index in [2.05, 4.69) is 0 Å². The standard InChI is InChI=1S/C15H13ClFNOS/c1-2-9-7-11(4-5-13(9)16)19-14-6-3-10(17)8-12(14)15(18)20/h3-8H,2H2,1H3,(H2,18,20). The van der Waals surface area contributed by atoms with Gasteiger partial charge in [0.25, 0.3) is 0 Å². The number of hydrogen-bond acceptors (Lipinski definition) is 2. The van der Waals surface area contributed by atoms with Crippen LogP contribution in [0.25, 0.3) is 0 Å². The van der Waals surface area contributed by atoms with Crippen molar-refractivity contribution >= 4 is 28.8 Å². The Bertz CT molecular complexity index is 660. The first-order valence-electron chi connectivity index (χ1n) is 6.07. The van der Waals surface area contributed by atoms with Gasteiger partial charge in [-0.3, -0.25) is 0 Å². The number of hydrogen-bond donors (Lipinski definition) is 1. The predicted octanol–water partition coefficient (Wildman–Crippen LogP) is 4.47. The molecule has 0 aliphatic rings. The number of benzene rings is 2. The lowest BCUT2D eigenvalue weighted by Gasteiger charge is -2.12. The minimum Gasteiger partial charge on any atom is -0.457 e. The van der Waals surface area contributed by atoms with Gasteiger partial charge in [0.05, 0.1) is 5.56 Å². The summed E-state index contributed by atoms with van der Waals surface area (Å²) in [5.74, 6) is 0.615. The maximum absolute atomic E-state index is 13.2. The molecule has 2 rings (SSSR count). The summed E-state index contributed by atoms with van der Waals surface area (Å²) in [6.07, 6.45) is 0.793. The second-order valence-corrected chi connectivity index (χ2v) is 5.06. The van der Waals surface area contributed by atoms with E-state index in [0.717, 1.165) is 12.0 Å². The molecule has 0 saturated carbocycles. The zero-order chi connectivity index (χ0) is 14.7. The number of rotatable bonds is 4. The molecule has 2 N–H and O–H groups in total. The van der Waals surface area contributed by atoms with Gasteiger partial charge in [-0.2, -0.15) is 0 Å². The Balaban J connectivity index is 2.37. The van der Waals surface area contributed by atoms with Crippen molar-refractivity contribution in [2.24, 2.45) is 5.73 Å². The van der Waals surface area contributed by atoms with Crippen molar-refractivity contribution in [2.45, 2.75) is 13.3 Å². The number of halogens is 2. The van der Waals surface area contributed by atoms with E-state index < -0.39 is 5.82 Å². The Labute approximate surface area is 127 Å². The molecule has 0 saturated heterocycles. The van der Waals surface area contributed by atoms with Crippen molar-refractivity contribution in [2.75, 3.05) is 0 Å². The molecule has 0 spiro atoms. The maximum atomic E-state index is 13.2. The highest BCUT2D eigenvalue weighted by molar-refractivity contribution is 7.80. The molecule has 2 aromatic carbocycles. The molecule has 2 aromatic rings. The first kappa shape index (κ1) is 14.8. The van der Waals surface area contributed by atoms with Gasteiger partial charge in [0.1, 0.15) is 22.3 Å². The largest absolute Gasteiger partial charge is 0.457 e. The molecule has 0 aliphatic heterocycles. The minimum absolute atomic E-state index is 0.0872. The van der Waals surface area contributed by atoms with Crippen LogP contribution in [-0.2, 0) is 6.42 Å². The van der Waals surface area contributed by atoms with E-state index >= 15 is 0 Å². The molecule has 0 aromatic heterocycles. The third-order valence-corrected chi connectivity index (χ3v) is 3.42. The Morgan fingerprint density at radius 2 is 2.05 bits per heavy atom. The van der Waals surface area contributed by atoms with E-state index in [1.54, 1.807) is 12.1 Å². The Kier molecular flexibility index (Phi) is 4.57. The van der Waals surface area contributed by atoms with Gasteiger partial charge < -0.3 is 10.5 Å². The van der Waals surface area contributed by atoms with Gasteiger partial charge in [0, 0.05) is 5.02 Å². The van der Waals surface area contributed by atoms with Crippen LogP contribution in [0.5, 0.6) is 11.5 Å². The van der Waals surface area contributed by atoms with Crippen molar-refractivity contribution in [3.8, 4) is 11.5 Å². The summed E-state index contributed by atoms with van der Waals surface area (Å²) < 4.78 is 19.0. The van der Waals surface area contributed by atoms with Gasteiger partial charge in [-0.15, -0.1) is 0 Å². The summed E-state index contributed by atoms with van der Waals surface area (Å²) in [5, 5.41) is 0.688. The Morgan fingerprint density at radius 3 is 2.70 bits per heavy atom. The van der Waals surface area contributed by atoms with Crippen LogP contribution in [-0.4, -0.2) is 4.99 Å². The van der Waals surface area contributed by atoms with Gasteiger partial charge >= 0.3 is 0 Å². The summed E-state index contributed by atoms with van der Waals surface area (Å²) in [6.45, 7) is 2.00. The number of thiocarbonyl (C=S) groups is 1. The molecule has 0 atom stereocenters. The highest BCUT2D eigenvalue weighted by Gasteiger charge is 2.10. The van der Waals surface area contributed by atoms with Crippen LogP contribution in [0.1, 0.15) is 18.1 Å². The van der Waals surface area contributed by atoms with Crippen molar-refractivity contribution in [1.82, 2.24) is 0 Å². The second kappa shape index (κ2) is 6.20. The maximum Gasteiger partial charge on any atom is 0.137 e. The molecule has 0 amide bonds. The Hall–Kier alpha value is -1.65. The molecular formula is C15H13ClFNOS. The second-order valence-electron chi connectivity index (χ2n) is 4.21. The molecule has 2 nitrogen and oxygen atoms in total. The van der Waals surface area contributed by atoms with Crippen molar-refractivity contribution in [3.63, 3.8) is 0 Å². The van der Waals surface area contributed by atoms with Crippen LogP contribution < -0.4 is 10.5 Å². The minimum atomic E-state index is -0.412. The molecule has 0 fully saturated rings. The van der Waals surface area contributed by atoms with Gasteiger partial charge in [0.15, 0.2) is 0 Å². The Morgan fingerprint density at radius 1 is 1.30 bits per heavy atom. The van der Waals surface area contributed by atoms with Crippen molar-refractivity contribution < 1.29 is 9.13 Å². The highest BCUT2D eigenvalue weighted by atomic mass is 35.5. The smallest absolute Gasteiger partial charge is 0.137 e. The first-order chi connectivity index (χ1) is 9.51. The van der Waals surface area contributed by atoms with E-state index in [0.29, 0.717) is 22.1 Å². The van der Waals surface area contributed by atoms with Gasteiger partial charge in [-0.1, -0.05) is 30.7 Å². The lowest BCUT2D eigenvalue weighted by atomic mass is 10.1. The molecule has 20 heavy (non-hydrogen) atoms. The lowest BCUT2D eigenvalue weighted by molar-refractivity contribution is 0.479. The zero-order valence-corrected chi connectivity index (χ0v) is 12.4. The van der Waals surface area contributed by atoms with Crippen LogP contribution in [0, 0.1) is 5.82 Å². The van der Waals surface area contributed by atoms with Crippen LogP contribution in [0.2, 0.25) is 5.02 Å². The number of aryl methyl sites for hydroxylation is 1. The molecule has 0 unspecified atom stereocenters. The third kappa shape index (κ3) is 3.26. The van der Waals surface area contributed by atoms with Crippen LogP contribution in [0.15, 0.2) is 36.4 Å². The van der Waals surface area contributed by atoms with Crippen LogP contribution in [0.4, 0.5) is 4.39 Å². The molecule has 0 heterocycles. The third-order valence-electron chi connectivity index (χ3n) is 2.83. The normalized spacial score (nSPS) is 10.3. The van der Waals surface area contributed by atoms with E-state index in [1.165, 1.54) is 18.2 Å². The quantitative estimate of drug-likeness (QED) is 0.846. The fourth-order valence-corrected chi connectivity index (χ4v) is 2.21. The van der Waals surface area contributed by atoms with Crippen molar-refractivity contribution in [1.29, 1.82) is 0 Å². The molecule has 104 valence electrons. The van der Waals surface area contributed by atoms with Gasteiger partial charge in [-0.25, -0.2) is 4.39 Å². The van der Waals surface area contributed by atoms with E-state index in [1.807, 2.05) is 13.0 Å². The molecule has 0 aliphatic carbocycles. The van der Waals surface area contributed by atoms with E-state index in [4.69, 9.17) is 34.3 Å². The summed E-state index contributed by atoms with van der Waals surface area (Å²) in [6, 6.07) is 9.41. The van der Waals surface area contributed by atoms with Crippen LogP contribution >= 0.6 is 23.8 Å². The van der Waals surface area contributed by atoms with Gasteiger partial charge in [0.2, 0.25) is 0 Å². The fraction of sp³-hybridized carbons (Fsp3) is 0.133. The topological polar surface area (TPSA) is 35.2 Å². The van der Waals surface area contributed by atoms with Crippen molar-refractivity contribution in [3.05, 3.63) is 58.4 Å².